The van der Waals surface area contributed by atoms with Crippen LogP contribution in [0.1, 0.15) is 48.9 Å². The van der Waals surface area contributed by atoms with Crippen molar-refractivity contribution in [1.29, 1.82) is 0 Å². The molecule has 11 nitrogen and oxygen atoms in total. The molecule has 2 aliphatic carbocycles. The highest BCUT2D eigenvalue weighted by Crippen LogP contribution is 2.44. The predicted octanol–water partition coefficient (Wildman–Crippen LogP) is 2.35. The maximum absolute atomic E-state index is 13.2. The number of amides is 4. The number of pyridine rings is 1. The number of fused-ring (bicyclic) bond motifs is 2. The second-order valence-electron chi connectivity index (χ2n) is 10.00. The zero-order chi connectivity index (χ0) is 29.0. The minimum Gasteiger partial charge on any atom is -0.353 e. The topological polar surface area (TPSA) is 155 Å². The summed E-state index contributed by atoms with van der Waals surface area (Å²) in [7, 11) is 1.30. The minimum atomic E-state index is -1.30. The molecule has 0 spiro atoms. The van der Waals surface area contributed by atoms with Gasteiger partial charge in [0.25, 0.3) is 17.4 Å². The second-order valence-corrected chi connectivity index (χ2v) is 12.3. The van der Waals surface area contributed by atoms with Gasteiger partial charge in [0.2, 0.25) is 17.6 Å². The Morgan fingerprint density at radius 3 is 2.55 bits per heavy atom. The molecule has 0 aromatic carbocycles. The molecule has 2 heterocycles. The van der Waals surface area contributed by atoms with Crippen LogP contribution in [0.4, 0.5) is 5.69 Å². The van der Waals surface area contributed by atoms with Crippen LogP contribution in [0.3, 0.4) is 0 Å². The number of hydrogen-bond acceptors (Lipinski definition) is 7. The summed E-state index contributed by atoms with van der Waals surface area (Å²) in [6.07, 6.45) is 5.26. The first-order chi connectivity index (χ1) is 19.0. The van der Waals surface area contributed by atoms with E-state index >= 15 is 0 Å². The van der Waals surface area contributed by atoms with E-state index in [-0.39, 0.29) is 51.3 Å². The van der Waals surface area contributed by atoms with Crippen molar-refractivity contribution < 1.29 is 24.0 Å². The molecule has 2 bridgehead atoms. The third kappa shape index (κ3) is 7.10. The summed E-state index contributed by atoms with van der Waals surface area (Å²) in [4.78, 5) is 75.4. The van der Waals surface area contributed by atoms with E-state index in [0.717, 1.165) is 30.6 Å². The molecular formula is C26H29Cl2N5O6S. The van der Waals surface area contributed by atoms with Crippen molar-refractivity contribution in [2.24, 2.45) is 11.8 Å². The molecule has 2 aromatic heterocycles. The van der Waals surface area contributed by atoms with Crippen molar-refractivity contribution in [3.8, 4) is 0 Å². The summed E-state index contributed by atoms with van der Waals surface area (Å²) in [5, 5.41) is 10.2. The molecule has 40 heavy (non-hydrogen) atoms. The lowest BCUT2D eigenvalue weighted by Crippen LogP contribution is -2.45. The van der Waals surface area contributed by atoms with E-state index in [1.165, 1.54) is 42.4 Å². The van der Waals surface area contributed by atoms with Gasteiger partial charge in [0, 0.05) is 25.7 Å². The number of anilines is 1. The summed E-state index contributed by atoms with van der Waals surface area (Å²) in [5.74, 6) is -2.28. The molecule has 0 unspecified atom stereocenters. The van der Waals surface area contributed by atoms with E-state index in [1.54, 1.807) is 0 Å². The first-order valence-corrected chi connectivity index (χ1v) is 14.4. The number of likely N-dealkylation sites (N-methyl/N-ethyl adjacent to an activating group) is 1. The lowest BCUT2D eigenvalue weighted by atomic mass is 9.95. The number of nitrogens with one attached hydrogen (secondary N) is 4. The van der Waals surface area contributed by atoms with E-state index < -0.39 is 35.1 Å². The molecule has 2 aliphatic rings. The standard InChI is InChI=1S/C26H29Cl2N5O6S/c1-29-25(38)19(34)7-6-16(31-23(36)15-11-20(27)40-22(15)28)24(37)32-17-3-2-8-33(26(17)39)12-21(35)30-18-10-13-4-5-14(18)9-13/h2-3,8,11,13-14,16,18H,4-7,9-10,12H2,1H3,(H,29,38)(H,30,35)(H,31,36)(H,32,37)/t13-,14+,16-,18+/m0/s1. The summed E-state index contributed by atoms with van der Waals surface area (Å²) >= 11 is 13.0. The Labute approximate surface area is 244 Å². The molecule has 0 aliphatic heterocycles. The van der Waals surface area contributed by atoms with E-state index in [2.05, 4.69) is 21.3 Å². The highest BCUT2D eigenvalue weighted by molar-refractivity contribution is 7.20. The summed E-state index contributed by atoms with van der Waals surface area (Å²) in [5.41, 5.74) is -0.692. The van der Waals surface area contributed by atoms with Crippen LogP contribution in [0.25, 0.3) is 0 Å². The zero-order valence-corrected chi connectivity index (χ0v) is 24.0. The van der Waals surface area contributed by atoms with E-state index in [0.29, 0.717) is 11.8 Å². The molecule has 0 saturated heterocycles. The van der Waals surface area contributed by atoms with Gasteiger partial charge in [-0.1, -0.05) is 29.6 Å². The van der Waals surface area contributed by atoms with Gasteiger partial charge in [0.05, 0.1) is 9.90 Å². The minimum absolute atomic E-state index is 0.0376. The van der Waals surface area contributed by atoms with Crippen molar-refractivity contribution in [1.82, 2.24) is 20.5 Å². The first-order valence-electron chi connectivity index (χ1n) is 12.9. The molecule has 4 amide bonds. The number of hydrogen-bond donors (Lipinski definition) is 4. The molecule has 4 N–H and O–H groups in total. The molecule has 0 radical (unpaired) electrons. The smallest absolute Gasteiger partial charge is 0.287 e. The zero-order valence-electron chi connectivity index (χ0n) is 21.6. The average Bonchev–Trinajstić information content (AvgIpc) is 3.63. The number of thiophene rings is 1. The number of carbonyl (C=O) groups is 5. The normalized spacial score (nSPS) is 20.0. The number of carbonyl (C=O) groups excluding carboxylic acids is 5. The van der Waals surface area contributed by atoms with Crippen LogP contribution in [0.5, 0.6) is 0 Å². The van der Waals surface area contributed by atoms with E-state index in [9.17, 15) is 28.8 Å². The fraction of sp³-hybridized carbons (Fsp3) is 0.462. The van der Waals surface area contributed by atoms with Gasteiger partial charge >= 0.3 is 0 Å². The van der Waals surface area contributed by atoms with Crippen LogP contribution < -0.4 is 26.8 Å². The van der Waals surface area contributed by atoms with Crippen LogP contribution in [0.15, 0.2) is 29.2 Å². The second kappa shape index (κ2) is 13.0. The number of halogens is 2. The monoisotopic (exact) mass is 609 g/mol. The molecule has 4 rings (SSSR count). The number of Topliss-reactive ketones (excluding diaryl/α,β-unsaturated/α-hetero) is 1. The summed E-state index contributed by atoms with van der Waals surface area (Å²) in [6, 6.07) is 3.04. The molecule has 2 saturated carbocycles. The third-order valence-electron chi connectivity index (χ3n) is 7.34. The van der Waals surface area contributed by atoms with E-state index in [4.69, 9.17) is 23.2 Å². The van der Waals surface area contributed by atoms with Gasteiger partial charge in [0.1, 0.15) is 22.6 Å². The van der Waals surface area contributed by atoms with Gasteiger partial charge in [-0.2, -0.15) is 0 Å². The fourth-order valence-corrected chi connectivity index (χ4v) is 6.79. The molecule has 14 heteroatoms. The maximum Gasteiger partial charge on any atom is 0.287 e. The van der Waals surface area contributed by atoms with Crippen LogP contribution in [-0.4, -0.2) is 53.1 Å². The average molecular weight is 611 g/mol. The Balaban J connectivity index is 1.44. The quantitative estimate of drug-likeness (QED) is 0.287. The van der Waals surface area contributed by atoms with Crippen LogP contribution in [0.2, 0.25) is 8.67 Å². The molecular weight excluding hydrogens is 581 g/mol. The molecule has 4 atom stereocenters. The van der Waals surface area contributed by atoms with Crippen molar-refractivity contribution in [3.05, 3.63) is 49.0 Å². The fourth-order valence-electron chi connectivity index (χ4n) is 5.33. The van der Waals surface area contributed by atoms with Gasteiger partial charge in [-0.3, -0.25) is 28.8 Å². The maximum atomic E-state index is 13.2. The van der Waals surface area contributed by atoms with Crippen LogP contribution in [-0.2, 0) is 25.7 Å². The Morgan fingerprint density at radius 1 is 1.15 bits per heavy atom. The van der Waals surface area contributed by atoms with E-state index in [1.807, 2.05) is 0 Å². The molecule has 214 valence electrons. The highest BCUT2D eigenvalue weighted by Gasteiger charge is 2.40. The van der Waals surface area contributed by atoms with Crippen molar-refractivity contribution in [3.63, 3.8) is 0 Å². The van der Waals surface area contributed by atoms with Crippen LogP contribution in [0, 0.1) is 11.8 Å². The SMILES string of the molecule is CNC(=O)C(=O)CC[C@H](NC(=O)c1cc(Cl)sc1Cl)C(=O)Nc1cccn(CC(=O)N[C@@H]2C[C@H]3CC[C@@H]2C3)c1=O. The molecule has 2 aromatic rings. The number of nitrogens with zero attached hydrogens (tertiary/aromatic N) is 1. The van der Waals surface area contributed by atoms with Gasteiger partial charge in [-0.05, 0) is 55.7 Å². The Hall–Kier alpha value is -3.22. The number of rotatable bonds is 11. The summed E-state index contributed by atoms with van der Waals surface area (Å²) < 4.78 is 1.56. The molecule has 2 fully saturated rings. The Morgan fingerprint density at radius 2 is 1.93 bits per heavy atom. The van der Waals surface area contributed by atoms with Crippen molar-refractivity contribution in [2.45, 2.75) is 57.2 Å². The van der Waals surface area contributed by atoms with Gasteiger partial charge < -0.3 is 25.8 Å². The predicted molar refractivity (Wildman–Crippen MR) is 151 cm³/mol. The first kappa shape index (κ1) is 29.8. The number of ketones is 1. The van der Waals surface area contributed by atoms with Crippen molar-refractivity contribution in [2.75, 3.05) is 12.4 Å². The number of aromatic nitrogens is 1. The lowest BCUT2D eigenvalue weighted by Gasteiger charge is -2.23. The highest BCUT2D eigenvalue weighted by atomic mass is 35.5. The lowest BCUT2D eigenvalue weighted by molar-refractivity contribution is -0.137. The van der Waals surface area contributed by atoms with Gasteiger partial charge in [-0.25, -0.2) is 0 Å². The third-order valence-corrected chi connectivity index (χ3v) is 8.83. The largest absolute Gasteiger partial charge is 0.353 e. The van der Waals surface area contributed by atoms with Crippen LogP contribution >= 0.6 is 34.5 Å². The Kier molecular flexibility index (Phi) is 9.64. The summed E-state index contributed by atoms with van der Waals surface area (Å²) in [6.45, 7) is -0.214. The Bertz CT molecular complexity index is 1390. The van der Waals surface area contributed by atoms with Crippen molar-refractivity contribution >= 4 is 69.6 Å². The van der Waals surface area contributed by atoms with Gasteiger partial charge in [-0.15, -0.1) is 11.3 Å². The van der Waals surface area contributed by atoms with Gasteiger partial charge in [0.15, 0.2) is 0 Å².